The lowest BCUT2D eigenvalue weighted by atomic mass is 10.1. The number of aliphatic hydroxyl groups is 1. The molecule has 3 N–H and O–H groups in total. The van der Waals surface area contributed by atoms with Gasteiger partial charge in [0.2, 0.25) is 0 Å². The van der Waals surface area contributed by atoms with Gasteiger partial charge in [-0.25, -0.2) is 4.79 Å². The maximum Gasteiger partial charge on any atom is 0.315 e. The first kappa shape index (κ1) is 13.6. The van der Waals surface area contributed by atoms with E-state index in [1.54, 1.807) is 0 Å². The molecule has 1 fully saturated rings. The zero-order valence-electron chi connectivity index (χ0n) is 10.0. The first-order chi connectivity index (χ1) is 7.63. The Kier molecular flexibility index (Phi) is 5.98. The summed E-state index contributed by atoms with van der Waals surface area (Å²) in [6.07, 6.45) is 2.46. The number of urea groups is 1. The molecule has 5 heteroatoms. The Hall–Kier alpha value is -0.420. The van der Waals surface area contributed by atoms with E-state index in [4.69, 9.17) is 5.11 Å². The lowest BCUT2D eigenvalue weighted by molar-refractivity contribution is 0.200. The van der Waals surface area contributed by atoms with Crippen LogP contribution in [0.15, 0.2) is 0 Å². The van der Waals surface area contributed by atoms with Crippen LogP contribution in [0, 0.1) is 5.92 Å². The van der Waals surface area contributed by atoms with Gasteiger partial charge >= 0.3 is 6.03 Å². The number of aliphatic hydroxyl groups excluding tert-OH is 1. The maximum atomic E-state index is 11.5. The van der Waals surface area contributed by atoms with Crippen molar-refractivity contribution in [3.05, 3.63) is 0 Å². The fourth-order valence-electron chi connectivity index (χ4n) is 1.57. The zero-order valence-corrected chi connectivity index (χ0v) is 10.8. The van der Waals surface area contributed by atoms with Gasteiger partial charge in [0.1, 0.15) is 0 Å². The molecule has 1 rings (SSSR count). The summed E-state index contributed by atoms with van der Waals surface area (Å²) in [7, 11) is 0. The molecule has 3 unspecified atom stereocenters. The van der Waals surface area contributed by atoms with Gasteiger partial charge in [-0.2, -0.15) is 11.8 Å². The molecule has 16 heavy (non-hydrogen) atoms. The zero-order chi connectivity index (χ0) is 12.0. The van der Waals surface area contributed by atoms with E-state index in [0.29, 0.717) is 5.25 Å². The highest BCUT2D eigenvalue weighted by Gasteiger charge is 2.17. The smallest absolute Gasteiger partial charge is 0.315 e. The Morgan fingerprint density at radius 2 is 2.31 bits per heavy atom. The molecule has 0 aliphatic carbocycles. The Labute approximate surface area is 102 Å². The number of nitrogens with one attached hydrogen (secondary N) is 2. The molecule has 0 radical (unpaired) electrons. The highest BCUT2D eigenvalue weighted by atomic mass is 32.2. The van der Waals surface area contributed by atoms with Crippen molar-refractivity contribution in [2.45, 2.75) is 38.0 Å². The highest BCUT2D eigenvalue weighted by molar-refractivity contribution is 8.00. The van der Waals surface area contributed by atoms with Crippen molar-refractivity contribution in [2.24, 2.45) is 5.92 Å². The van der Waals surface area contributed by atoms with E-state index in [1.165, 1.54) is 18.6 Å². The highest BCUT2D eigenvalue weighted by Crippen LogP contribution is 2.25. The summed E-state index contributed by atoms with van der Waals surface area (Å²) in [5.74, 6) is 1.30. The number of hydrogen-bond acceptors (Lipinski definition) is 3. The summed E-state index contributed by atoms with van der Waals surface area (Å²) in [6.45, 7) is 4.67. The molecule has 1 aliphatic rings. The molecular formula is C11H22N2O2S. The predicted octanol–water partition coefficient (Wildman–Crippen LogP) is 1.20. The molecule has 2 amide bonds. The monoisotopic (exact) mass is 246 g/mol. The Morgan fingerprint density at radius 3 is 2.88 bits per heavy atom. The van der Waals surface area contributed by atoms with Crippen LogP contribution in [-0.2, 0) is 0 Å². The predicted molar refractivity (Wildman–Crippen MR) is 67.7 cm³/mol. The summed E-state index contributed by atoms with van der Waals surface area (Å²) < 4.78 is 0. The summed E-state index contributed by atoms with van der Waals surface area (Å²) in [6, 6.07) is -0.124. The number of thioether (sulfide) groups is 1. The van der Waals surface area contributed by atoms with Crippen LogP contribution in [0.3, 0.4) is 0 Å². The number of rotatable bonds is 5. The number of hydrogen-bond donors (Lipinski definition) is 3. The van der Waals surface area contributed by atoms with Gasteiger partial charge in [-0.15, -0.1) is 0 Å². The van der Waals surface area contributed by atoms with Crippen LogP contribution in [0.2, 0.25) is 0 Å². The van der Waals surface area contributed by atoms with E-state index < -0.39 is 0 Å². The standard InChI is InChI=1S/C11H22N2O2S/c1-8(7-14)9(2)13-11(15)12-6-10-4-3-5-16-10/h8-10,14H,3-7H2,1-2H3,(H2,12,13,15). The number of carbonyl (C=O) groups excluding carboxylic acids is 1. The maximum absolute atomic E-state index is 11.5. The van der Waals surface area contributed by atoms with Gasteiger partial charge in [-0.1, -0.05) is 6.92 Å². The van der Waals surface area contributed by atoms with E-state index in [0.717, 1.165) is 6.54 Å². The van der Waals surface area contributed by atoms with Crippen molar-refractivity contribution in [3.8, 4) is 0 Å². The second-order valence-corrected chi connectivity index (χ2v) is 5.85. The minimum Gasteiger partial charge on any atom is -0.396 e. The second-order valence-electron chi connectivity index (χ2n) is 4.44. The number of carbonyl (C=O) groups is 1. The molecule has 0 aromatic heterocycles. The third-order valence-corrected chi connectivity index (χ3v) is 4.41. The van der Waals surface area contributed by atoms with Crippen molar-refractivity contribution in [3.63, 3.8) is 0 Å². The van der Waals surface area contributed by atoms with Gasteiger partial charge < -0.3 is 15.7 Å². The molecule has 3 atom stereocenters. The Bertz CT molecular complexity index is 220. The molecule has 0 saturated carbocycles. The second kappa shape index (κ2) is 7.01. The van der Waals surface area contributed by atoms with E-state index >= 15 is 0 Å². The summed E-state index contributed by atoms with van der Waals surface area (Å²) in [4.78, 5) is 11.5. The van der Waals surface area contributed by atoms with Gasteiger partial charge in [-0.3, -0.25) is 0 Å². The van der Waals surface area contributed by atoms with E-state index in [9.17, 15) is 4.79 Å². The quantitative estimate of drug-likeness (QED) is 0.683. The average molecular weight is 246 g/mol. The van der Waals surface area contributed by atoms with Crippen LogP contribution in [-0.4, -0.2) is 41.3 Å². The van der Waals surface area contributed by atoms with Gasteiger partial charge in [0.15, 0.2) is 0 Å². The molecule has 1 saturated heterocycles. The van der Waals surface area contributed by atoms with Crippen molar-refractivity contribution < 1.29 is 9.90 Å². The van der Waals surface area contributed by atoms with Gasteiger partial charge in [0.25, 0.3) is 0 Å². The average Bonchev–Trinajstić information content (AvgIpc) is 2.78. The molecule has 0 aromatic rings. The SMILES string of the molecule is CC(CO)C(C)NC(=O)NCC1CCCS1. The normalized spacial score (nSPS) is 23.8. The molecule has 4 nitrogen and oxygen atoms in total. The van der Waals surface area contributed by atoms with Crippen LogP contribution in [0.1, 0.15) is 26.7 Å². The minimum atomic E-state index is -0.125. The van der Waals surface area contributed by atoms with Crippen LogP contribution in [0.4, 0.5) is 4.79 Å². The molecular weight excluding hydrogens is 224 g/mol. The summed E-state index contributed by atoms with van der Waals surface area (Å²) >= 11 is 1.93. The Morgan fingerprint density at radius 1 is 1.56 bits per heavy atom. The first-order valence-electron chi connectivity index (χ1n) is 5.90. The van der Waals surface area contributed by atoms with Crippen molar-refractivity contribution >= 4 is 17.8 Å². The largest absolute Gasteiger partial charge is 0.396 e. The molecule has 94 valence electrons. The topological polar surface area (TPSA) is 61.4 Å². The van der Waals surface area contributed by atoms with Gasteiger partial charge in [-0.05, 0) is 31.4 Å². The van der Waals surface area contributed by atoms with E-state index in [1.807, 2.05) is 25.6 Å². The van der Waals surface area contributed by atoms with E-state index in [-0.39, 0.29) is 24.6 Å². The Balaban J connectivity index is 2.14. The van der Waals surface area contributed by atoms with Crippen molar-refractivity contribution in [1.29, 1.82) is 0 Å². The lowest BCUT2D eigenvalue weighted by Gasteiger charge is -2.20. The third-order valence-electron chi connectivity index (χ3n) is 3.01. The molecule has 1 aliphatic heterocycles. The molecule has 0 aromatic carbocycles. The van der Waals surface area contributed by atoms with Crippen molar-refractivity contribution in [1.82, 2.24) is 10.6 Å². The van der Waals surface area contributed by atoms with Gasteiger partial charge in [0, 0.05) is 24.4 Å². The lowest BCUT2D eigenvalue weighted by Crippen LogP contribution is -2.45. The van der Waals surface area contributed by atoms with Crippen LogP contribution in [0.25, 0.3) is 0 Å². The van der Waals surface area contributed by atoms with Crippen LogP contribution >= 0.6 is 11.8 Å². The minimum absolute atomic E-state index is 0.00114. The molecule has 1 heterocycles. The van der Waals surface area contributed by atoms with E-state index in [2.05, 4.69) is 10.6 Å². The summed E-state index contributed by atoms with van der Waals surface area (Å²) in [5, 5.41) is 15.2. The molecule has 0 spiro atoms. The first-order valence-corrected chi connectivity index (χ1v) is 6.95. The van der Waals surface area contributed by atoms with Crippen LogP contribution < -0.4 is 10.6 Å². The van der Waals surface area contributed by atoms with Gasteiger partial charge in [0.05, 0.1) is 0 Å². The third kappa shape index (κ3) is 4.61. The summed E-state index contributed by atoms with van der Waals surface area (Å²) in [5.41, 5.74) is 0. The van der Waals surface area contributed by atoms with Crippen molar-refractivity contribution in [2.75, 3.05) is 18.9 Å². The van der Waals surface area contributed by atoms with Crippen LogP contribution in [0.5, 0.6) is 0 Å². The fourth-order valence-corrected chi connectivity index (χ4v) is 2.77. The molecule has 0 bridgehead atoms. The fraction of sp³-hybridized carbons (Fsp3) is 0.909. The number of amides is 2.